The van der Waals surface area contributed by atoms with Gasteiger partial charge in [-0.25, -0.2) is 0 Å². The third-order valence-electron chi connectivity index (χ3n) is 7.62. The van der Waals surface area contributed by atoms with E-state index in [4.69, 9.17) is 0 Å². The van der Waals surface area contributed by atoms with Crippen LogP contribution in [0.15, 0.2) is 12.2 Å². The molecule has 4 aliphatic rings. The van der Waals surface area contributed by atoms with Gasteiger partial charge in [-0.1, -0.05) is 66.0 Å². The van der Waals surface area contributed by atoms with Crippen LogP contribution in [-0.4, -0.2) is 23.3 Å². The standard InChI is InChI=1S/C22H35NO2/c1-6-8-9-16(7-2)14-23-19(24)17-18(20(23)25)22(15(3)4)12-10-21(17,5)11-13-22/h10,12,15-18H,6-9,11,13-14H2,1-5H3. The first-order valence-corrected chi connectivity index (χ1v) is 10.4. The predicted octanol–water partition coefficient (Wildman–Crippen LogP) is 4.82. The van der Waals surface area contributed by atoms with Crippen LogP contribution < -0.4 is 0 Å². The van der Waals surface area contributed by atoms with Gasteiger partial charge in [0.15, 0.2) is 0 Å². The summed E-state index contributed by atoms with van der Waals surface area (Å²) in [6, 6.07) is 0. The van der Waals surface area contributed by atoms with E-state index in [1.165, 1.54) is 12.8 Å². The minimum absolute atomic E-state index is 0.113. The summed E-state index contributed by atoms with van der Waals surface area (Å²) in [5.41, 5.74) is -0.247. The largest absolute Gasteiger partial charge is 0.282 e. The number of unbranched alkanes of at least 4 members (excludes halogenated alkanes) is 1. The third kappa shape index (κ3) is 2.69. The molecule has 25 heavy (non-hydrogen) atoms. The van der Waals surface area contributed by atoms with Crippen molar-refractivity contribution in [3.63, 3.8) is 0 Å². The number of hydrogen-bond acceptors (Lipinski definition) is 2. The van der Waals surface area contributed by atoms with Crippen molar-refractivity contribution in [2.45, 2.75) is 73.1 Å². The minimum Gasteiger partial charge on any atom is -0.282 e. The van der Waals surface area contributed by atoms with Gasteiger partial charge in [-0.2, -0.15) is 0 Å². The van der Waals surface area contributed by atoms with Gasteiger partial charge in [0.05, 0.1) is 11.8 Å². The summed E-state index contributed by atoms with van der Waals surface area (Å²) in [5.74, 6) is 0.800. The Kier molecular flexibility index (Phi) is 4.89. The molecule has 1 saturated heterocycles. The van der Waals surface area contributed by atoms with Crippen molar-refractivity contribution in [1.82, 2.24) is 4.90 Å². The van der Waals surface area contributed by atoms with E-state index in [0.717, 1.165) is 25.7 Å². The van der Waals surface area contributed by atoms with Crippen LogP contribution in [0.4, 0.5) is 0 Å². The molecule has 0 spiro atoms. The van der Waals surface area contributed by atoms with Gasteiger partial charge in [0.25, 0.3) is 0 Å². The molecule has 0 aromatic rings. The van der Waals surface area contributed by atoms with E-state index in [2.05, 4.69) is 46.8 Å². The highest BCUT2D eigenvalue weighted by Gasteiger charge is 2.66. The predicted molar refractivity (Wildman–Crippen MR) is 101 cm³/mol. The smallest absolute Gasteiger partial charge is 0.234 e. The Morgan fingerprint density at radius 3 is 2.32 bits per heavy atom. The highest BCUT2D eigenvalue weighted by Crippen LogP contribution is 2.64. The lowest BCUT2D eigenvalue weighted by Crippen LogP contribution is -2.53. The number of likely N-dealkylation sites (tertiary alicyclic amines) is 1. The van der Waals surface area contributed by atoms with Crippen LogP contribution in [0.2, 0.25) is 0 Å². The van der Waals surface area contributed by atoms with E-state index in [1.54, 1.807) is 4.90 Å². The second-order valence-electron chi connectivity index (χ2n) is 9.27. The topological polar surface area (TPSA) is 37.4 Å². The Balaban J connectivity index is 1.90. The fourth-order valence-corrected chi connectivity index (χ4v) is 5.64. The molecule has 0 aromatic heterocycles. The van der Waals surface area contributed by atoms with Gasteiger partial charge in [-0.05, 0) is 36.5 Å². The van der Waals surface area contributed by atoms with Gasteiger partial charge < -0.3 is 0 Å². The number of carbonyl (C=O) groups is 2. The van der Waals surface area contributed by atoms with Crippen molar-refractivity contribution in [2.24, 2.45) is 34.5 Å². The molecule has 2 bridgehead atoms. The molecule has 3 nitrogen and oxygen atoms in total. The lowest BCUT2D eigenvalue weighted by Gasteiger charge is -2.55. The van der Waals surface area contributed by atoms with Crippen LogP contribution in [0.3, 0.4) is 0 Å². The molecule has 5 atom stereocenters. The normalized spacial score (nSPS) is 37.9. The monoisotopic (exact) mass is 345 g/mol. The zero-order valence-electron chi connectivity index (χ0n) is 16.7. The Morgan fingerprint density at radius 1 is 1.12 bits per heavy atom. The molecule has 0 aromatic carbocycles. The highest BCUT2D eigenvalue weighted by atomic mass is 16.2. The molecule has 1 heterocycles. The van der Waals surface area contributed by atoms with E-state index in [1.807, 2.05) is 0 Å². The van der Waals surface area contributed by atoms with Gasteiger partial charge in [0.2, 0.25) is 11.8 Å². The number of rotatable bonds is 7. The van der Waals surface area contributed by atoms with Crippen molar-refractivity contribution >= 4 is 11.8 Å². The highest BCUT2D eigenvalue weighted by molar-refractivity contribution is 6.06. The van der Waals surface area contributed by atoms with Gasteiger partial charge in [0.1, 0.15) is 0 Å². The number of allylic oxidation sites excluding steroid dienone is 2. The summed E-state index contributed by atoms with van der Waals surface area (Å²) >= 11 is 0. The Bertz CT molecular complexity index is 581. The molecule has 4 rings (SSSR count). The van der Waals surface area contributed by atoms with Crippen LogP contribution in [-0.2, 0) is 9.59 Å². The molecular formula is C22H35NO2. The molecule has 3 aliphatic carbocycles. The molecule has 140 valence electrons. The fourth-order valence-electron chi connectivity index (χ4n) is 5.64. The molecule has 2 amide bonds. The number of nitrogens with zero attached hydrogens (tertiary/aromatic N) is 1. The van der Waals surface area contributed by atoms with Crippen molar-refractivity contribution in [2.75, 3.05) is 6.54 Å². The summed E-state index contributed by atoms with van der Waals surface area (Å²) in [5, 5.41) is 0. The lowest BCUT2D eigenvalue weighted by atomic mass is 9.46. The SMILES string of the molecule is CCCCC(CC)CN1C(=O)C2C(C1=O)C1(C(C)C)C=CC2(C)CC1. The Labute approximate surface area is 153 Å². The maximum atomic E-state index is 13.4. The summed E-state index contributed by atoms with van der Waals surface area (Å²) in [6.45, 7) is 11.6. The minimum atomic E-state index is -0.134. The lowest BCUT2D eigenvalue weighted by molar-refractivity contribution is -0.141. The zero-order chi connectivity index (χ0) is 18.4. The number of carbonyl (C=O) groups excluding carboxylic acids is 2. The van der Waals surface area contributed by atoms with Gasteiger partial charge in [0, 0.05) is 12.0 Å². The van der Waals surface area contributed by atoms with Crippen LogP contribution >= 0.6 is 0 Å². The van der Waals surface area contributed by atoms with Gasteiger partial charge in [-0.3, -0.25) is 14.5 Å². The molecule has 5 unspecified atom stereocenters. The average Bonchev–Trinajstić information content (AvgIpc) is 2.86. The maximum absolute atomic E-state index is 13.4. The van der Waals surface area contributed by atoms with E-state index in [-0.39, 0.29) is 34.5 Å². The quantitative estimate of drug-likeness (QED) is 0.490. The fraction of sp³-hybridized carbons (Fsp3) is 0.818. The average molecular weight is 346 g/mol. The van der Waals surface area contributed by atoms with E-state index >= 15 is 0 Å². The summed E-state index contributed by atoms with van der Waals surface area (Å²) in [6.07, 6.45) is 11.1. The van der Waals surface area contributed by atoms with Crippen LogP contribution in [0.1, 0.15) is 73.1 Å². The maximum Gasteiger partial charge on any atom is 0.234 e. The molecule has 0 radical (unpaired) electrons. The summed E-state index contributed by atoms with van der Waals surface area (Å²) in [7, 11) is 0. The third-order valence-corrected chi connectivity index (χ3v) is 7.62. The number of fused-ring (bicyclic) bond motifs is 1. The molecule has 2 fully saturated rings. The van der Waals surface area contributed by atoms with Crippen molar-refractivity contribution < 1.29 is 9.59 Å². The van der Waals surface area contributed by atoms with Gasteiger partial charge in [-0.15, -0.1) is 0 Å². The molecular weight excluding hydrogens is 310 g/mol. The summed E-state index contributed by atoms with van der Waals surface area (Å²) < 4.78 is 0. The van der Waals surface area contributed by atoms with Gasteiger partial charge >= 0.3 is 0 Å². The zero-order valence-corrected chi connectivity index (χ0v) is 16.7. The second kappa shape index (κ2) is 6.55. The van der Waals surface area contributed by atoms with Crippen molar-refractivity contribution in [3.8, 4) is 0 Å². The van der Waals surface area contributed by atoms with E-state index < -0.39 is 0 Å². The molecule has 3 heteroatoms. The number of amides is 2. The van der Waals surface area contributed by atoms with Crippen LogP contribution in [0, 0.1) is 34.5 Å². The second-order valence-corrected chi connectivity index (χ2v) is 9.27. The first kappa shape index (κ1) is 18.7. The van der Waals surface area contributed by atoms with Crippen molar-refractivity contribution in [1.29, 1.82) is 0 Å². The summed E-state index contributed by atoms with van der Waals surface area (Å²) in [4.78, 5) is 28.4. The van der Waals surface area contributed by atoms with Crippen LogP contribution in [0.5, 0.6) is 0 Å². The molecule has 1 saturated carbocycles. The first-order chi connectivity index (χ1) is 11.8. The molecule has 0 N–H and O–H groups in total. The van der Waals surface area contributed by atoms with Crippen molar-refractivity contribution in [3.05, 3.63) is 12.2 Å². The Hall–Kier alpha value is -1.12. The van der Waals surface area contributed by atoms with E-state index in [9.17, 15) is 9.59 Å². The number of hydrogen-bond donors (Lipinski definition) is 0. The van der Waals surface area contributed by atoms with E-state index in [0.29, 0.717) is 18.4 Å². The van der Waals surface area contributed by atoms with Crippen LogP contribution in [0.25, 0.3) is 0 Å². The Morgan fingerprint density at radius 2 is 1.80 bits per heavy atom. The molecule has 1 aliphatic heterocycles. The number of imide groups is 1. The first-order valence-electron chi connectivity index (χ1n) is 10.4.